The maximum Gasteiger partial charge on any atom is 0.295 e. The third-order valence-corrected chi connectivity index (χ3v) is 6.66. The lowest BCUT2D eigenvalue weighted by Crippen LogP contribution is -2.32. The van der Waals surface area contributed by atoms with Crippen molar-refractivity contribution in [2.75, 3.05) is 11.6 Å². The Morgan fingerprint density at radius 3 is 2.72 bits per heavy atom. The van der Waals surface area contributed by atoms with Crippen LogP contribution in [0.4, 0.5) is 5.13 Å². The Kier molecular flexibility index (Phi) is 5.81. The highest BCUT2D eigenvalue weighted by Crippen LogP contribution is 2.28. The van der Waals surface area contributed by atoms with E-state index in [-0.39, 0.29) is 22.2 Å². The molecule has 0 bridgehead atoms. The SMILES string of the molecule is Cc1cccc(COn2cccc(C(=O)Nc3nc4ccc(S(C)(=O)=O)cc4s3)c2=O)c1. The monoisotopic (exact) mass is 469 g/mol. The molecule has 10 heteroatoms. The van der Waals surface area contributed by atoms with Crippen LogP contribution in [0.5, 0.6) is 0 Å². The highest BCUT2D eigenvalue weighted by atomic mass is 32.2. The number of carbonyl (C=O) groups is 1. The fraction of sp³-hybridized carbons (Fsp3) is 0.136. The molecule has 4 aromatic rings. The number of thiazole rings is 1. The van der Waals surface area contributed by atoms with Crippen LogP contribution in [0.2, 0.25) is 0 Å². The topological polar surface area (TPSA) is 107 Å². The summed E-state index contributed by atoms with van der Waals surface area (Å²) in [4.78, 5) is 35.4. The number of nitrogens with one attached hydrogen (secondary N) is 1. The average Bonchev–Trinajstić information content (AvgIpc) is 3.13. The van der Waals surface area contributed by atoms with Crippen molar-refractivity contribution < 1.29 is 18.0 Å². The minimum atomic E-state index is -3.36. The number of fused-ring (bicyclic) bond motifs is 1. The Morgan fingerprint density at radius 1 is 1.16 bits per heavy atom. The number of pyridine rings is 1. The van der Waals surface area contributed by atoms with Crippen LogP contribution < -0.4 is 15.7 Å². The van der Waals surface area contributed by atoms with Crippen LogP contribution in [0, 0.1) is 6.92 Å². The molecule has 0 atom stereocenters. The molecule has 0 saturated heterocycles. The average molecular weight is 470 g/mol. The van der Waals surface area contributed by atoms with Crippen molar-refractivity contribution in [3.8, 4) is 0 Å². The van der Waals surface area contributed by atoms with Gasteiger partial charge in [0.25, 0.3) is 11.5 Å². The minimum absolute atomic E-state index is 0.104. The maximum atomic E-state index is 12.7. The van der Waals surface area contributed by atoms with E-state index in [4.69, 9.17) is 4.84 Å². The third-order valence-electron chi connectivity index (χ3n) is 4.62. The summed E-state index contributed by atoms with van der Waals surface area (Å²) in [5.74, 6) is -0.633. The molecule has 0 aliphatic heterocycles. The summed E-state index contributed by atoms with van der Waals surface area (Å²) in [6, 6.07) is 15.2. The molecule has 0 saturated carbocycles. The Bertz CT molecular complexity index is 1490. The lowest BCUT2D eigenvalue weighted by Gasteiger charge is -2.10. The van der Waals surface area contributed by atoms with Crippen molar-refractivity contribution in [3.05, 3.63) is 87.8 Å². The van der Waals surface area contributed by atoms with E-state index in [2.05, 4.69) is 10.3 Å². The number of nitrogens with zero attached hydrogens (tertiary/aromatic N) is 2. The van der Waals surface area contributed by atoms with Crippen molar-refractivity contribution in [2.24, 2.45) is 0 Å². The standard InChI is InChI=1S/C22H19N3O5S2/c1-14-5-3-6-15(11-14)13-30-25-10-4-7-17(21(25)27)20(26)24-22-23-18-9-8-16(32(2,28)29)12-19(18)31-22/h3-12H,13H2,1-2H3,(H,23,24,26). The molecule has 1 N–H and O–H groups in total. The van der Waals surface area contributed by atoms with Crippen LogP contribution in [0.3, 0.4) is 0 Å². The van der Waals surface area contributed by atoms with Gasteiger partial charge in [0.15, 0.2) is 15.0 Å². The van der Waals surface area contributed by atoms with Gasteiger partial charge < -0.3 is 4.84 Å². The van der Waals surface area contributed by atoms with E-state index in [1.54, 1.807) is 12.1 Å². The first kappa shape index (κ1) is 21.7. The molecule has 1 amide bonds. The van der Waals surface area contributed by atoms with E-state index in [9.17, 15) is 18.0 Å². The smallest absolute Gasteiger partial charge is 0.295 e. The zero-order valence-corrected chi connectivity index (χ0v) is 18.9. The van der Waals surface area contributed by atoms with Gasteiger partial charge in [0.05, 0.1) is 15.1 Å². The Balaban J connectivity index is 1.53. The summed E-state index contributed by atoms with van der Waals surface area (Å²) in [5, 5.41) is 2.86. The molecule has 8 nitrogen and oxygen atoms in total. The number of sulfone groups is 1. The van der Waals surface area contributed by atoms with Gasteiger partial charge in [0.1, 0.15) is 12.2 Å². The highest BCUT2D eigenvalue weighted by molar-refractivity contribution is 7.90. The van der Waals surface area contributed by atoms with Gasteiger partial charge >= 0.3 is 0 Å². The first-order valence-corrected chi connectivity index (χ1v) is 12.2. The van der Waals surface area contributed by atoms with Gasteiger partial charge in [-0.3, -0.25) is 14.9 Å². The van der Waals surface area contributed by atoms with Crippen molar-refractivity contribution in [3.63, 3.8) is 0 Å². The number of rotatable bonds is 6. The van der Waals surface area contributed by atoms with Gasteiger partial charge in [0, 0.05) is 12.5 Å². The molecular formula is C22H19N3O5S2. The van der Waals surface area contributed by atoms with Gasteiger partial charge in [-0.2, -0.15) is 4.73 Å². The van der Waals surface area contributed by atoms with Crippen molar-refractivity contribution in [2.45, 2.75) is 18.4 Å². The largest absolute Gasteiger partial charge is 0.406 e. The number of aryl methyl sites for hydroxylation is 1. The number of aromatic nitrogens is 2. The van der Waals surface area contributed by atoms with Gasteiger partial charge in [-0.05, 0) is 42.8 Å². The second kappa shape index (κ2) is 8.56. The summed E-state index contributed by atoms with van der Waals surface area (Å²) in [6.45, 7) is 2.14. The molecule has 32 heavy (non-hydrogen) atoms. The number of carbonyl (C=O) groups excluding carboxylic acids is 1. The van der Waals surface area contributed by atoms with Crippen LogP contribution in [-0.4, -0.2) is 30.3 Å². The lowest BCUT2D eigenvalue weighted by molar-refractivity contribution is 0.0863. The summed E-state index contributed by atoms with van der Waals surface area (Å²) in [6.07, 6.45) is 2.57. The minimum Gasteiger partial charge on any atom is -0.406 e. The van der Waals surface area contributed by atoms with Crippen molar-refractivity contribution >= 4 is 42.4 Å². The van der Waals surface area contributed by atoms with Crippen LogP contribution >= 0.6 is 11.3 Å². The first-order valence-electron chi connectivity index (χ1n) is 9.53. The van der Waals surface area contributed by atoms with E-state index < -0.39 is 21.3 Å². The molecule has 0 radical (unpaired) electrons. The second-order valence-electron chi connectivity index (χ2n) is 7.19. The predicted molar refractivity (Wildman–Crippen MR) is 123 cm³/mol. The fourth-order valence-electron chi connectivity index (χ4n) is 3.05. The lowest BCUT2D eigenvalue weighted by atomic mass is 10.1. The van der Waals surface area contributed by atoms with Gasteiger partial charge in [0.2, 0.25) is 0 Å². The van der Waals surface area contributed by atoms with Gasteiger partial charge in [-0.1, -0.05) is 41.2 Å². The molecule has 0 aliphatic carbocycles. The molecule has 4 rings (SSSR count). The second-order valence-corrected chi connectivity index (χ2v) is 10.2. The molecule has 2 aromatic heterocycles. The van der Waals surface area contributed by atoms with Crippen LogP contribution in [0.25, 0.3) is 10.2 Å². The van der Waals surface area contributed by atoms with Crippen LogP contribution in [0.1, 0.15) is 21.5 Å². The van der Waals surface area contributed by atoms with E-state index in [1.807, 2.05) is 31.2 Å². The number of anilines is 1. The number of amides is 1. The number of benzene rings is 2. The van der Waals surface area contributed by atoms with Gasteiger partial charge in [-0.25, -0.2) is 13.4 Å². The van der Waals surface area contributed by atoms with Crippen molar-refractivity contribution in [1.82, 2.24) is 9.71 Å². The first-order chi connectivity index (χ1) is 15.2. The summed E-state index contributed by atoms with van der Waals surface area (Å²) in [5.41, 5.74) is 1.82. The fourth-order valence-corrected chi connectivity index (χ4v) is 4.67. The number of hydrogen-bond acceptors (Lipinski definition) is 7. The van der Waals surface area contributed by atoms with E-state index >= 15 is 0 Å². The Labute approximate surface area is 188 Å². The molecule has 164 valence electrons. The maximum absolute atomic E-state index is 12.7. The van der Waals surface area contributed by atoms with E-state index in [0.29, 0.717) is 10.2 Å². The van der Waals surface area contributed by atoms with Crippen LogP contribution in [0.15, 0.2) is 70.5 Å². The summed E-state index contributed by atoms with van der Waals surface area (Å²) < 4.78 is 25.1. The normalized spacial score (nSPS) is 11.4. The highest BCUT2D eigenvalue weighted by Gasteiger charge is 2.16. The summed E-state index contributed by atoms with van der Waals surface area (Å²) >= 11 is 1.12. The molecule has 0 fully saturated rings. The number of hydrogen-bond donors (Lipinski definition) is 1. The Hall–Kier alpha value is -3.50. The predicted octanol–water partition coefficient (Wildman–Crippen LogP) is 3.05. The quantitative estimate of drug-likeness (QED) is 0.465. The molecule has 0 aliphatic rings. The molecule has 2 aromatic carbocycles. The van der Waals surface area contributed by atoms with Gasteiger partial charge in [-0.15, -0.1) is 0 Å². The van der Waals surface area contributed by atoms with E-state index in [0.717, 1.165) is 33.4 Å². The third kappa shape index (κ3) is 4.71. The van der Waals surface area contributed by atoms with E-state index in [1.165, 1.54) is 24.4 Å². The zero-order chi connectivity index (χ0) is 22.9. The van der Waals surface area contributed by atoms with Crippen LogP contribution in [-0.2, 0) is 16.4 Å². The Morgan fingerprint density at radius 2 is 1.97 bits per heavy atom. The molecular weight excluding hydrogens is 450 g/mol. The summed E-state index contributed by atoms with van der Waals surface area (Å²) in [7, 11) is -3.36. The molecule has 0 unspecified atom stereocenters. The molecule has 2 heterocycles. The zero-order valence-electron chi connectivity index (χ0n) is 17.2. The molecule has 0 spiro atoms. The van der Waals surface area contributed by atoms with Crippen molar-refractivity contribution in [1.29, 1.82) is 0 Å².